The highest BCUT2D eigenvalue weighted by Crippen LogP contribution is 2.24. The molecule has 8 heteroatoms. The number of hydrogen-bond acceptors (Lipinski definition) is 5. The van der Waals surface area contributed by atoms with Crippen LogP contribution in [-0.2, 0) is 10.2 Å². The summed E-state index contributed by atoms with van der Waals surface area (Å²) in [7, 11) is -3.28. The SMILES string of the molecule is O=S(=O)(N1CCCC1)N1CCC(Oc2nccs2)C1. The highest BCUT2D eigenvalue weighted by atomic mass is 32.2. The first-order chi connectivity index (χ1) is 9.16. The van der Waals surface area contributed by atoms with Crippen molar-refractivity contribution >= 4 is 21.5 Å². The fourth-order valence-corrected chi connectivity index (χ4v) is 4.79. The molecule has 0 aliphatic carbocycles. The van der Waals surface area contributed by atoms with E-state index in [9.17, 15) is 8.42 Å². The van der Waals surface area contributed by atoms with E-state index >= 15 is 0 Å². The molecule has 2 aliphatic rings. The third-order valence-corrected chi connectivity index (χ3v) is 6.17. The Morgan fingerprint density at radius 2 is 2.05 bits per heavy atom. The average Bonchev–Trinajstić information content (AvgIpc) is 3.12. The molecule has 1 unspecified atom stereocenters. The van der Waals surface area contributed by atoms with Gasteiger partial charge in [-0.1, -0.05) is 11.3 Å². The van der Waals surface area contributed by atoms with Crippen molar-refractivity contribution in [3.05, 3.63) is 11.6 Å². The summed E-state index contributed by atoms with van der Waals surface area (Å²) in [5.74, 6) is 0. The number of nitrogens with zero attached hydrogens (tertiary/aromatic N) is 3. The minimum Gasteiger partial charge on any atom is -0.465 e. The van der Waals surface area contributed by atoms with Gasteiger partial charge in [-0.3, -0.25) is 0 Å². The normalized spacial score (nSPS) is 26.0. The molecule has 19 heavy (non-hydrogen) atoms. The maximum Gasteiger partial charge on any atom is 0.282 e. The molecule has 1 aromatic heterocycles. The van der Waals surface area contributed by atoms with Gasteiger partial charge in [0.2, 0.25) is 0 Å². The van der Waals surface area contributed by atoms with E-state index in [0.717, 1.165) is 19.3 Å². The highest BCUT2D eigenvalue weighted by molar-refractivity contribution is 7.86. The first kappa shape index (κ1) is 13.3. The minimum absolute atomic E-state index is 0.0801. The second-order valence-corrected chi connectivity index (χ2v) is 7.58. The molecule has 0 N–H and O–H groups in total. The molecule has 106 valence electrons. The molecule has 1 aromatic rings. The average molecular weight is 303 g/mol. The molecule has 2 fully saturated rings. The third-order valence-electron chi connectivity index (χ3n) is 3.50. The Morgan fingerprint density at radius 3 is 2.74 bits per heavy atom. The van der Waals surface area contributed by atoms with Gasteiger partial charge in [-0.05, 0) is 19.3 Å². The van der Waals surface area contributed by atoms with E-state index in [1.165, 1.54) is 15.6 Å². The molecule has 0 spiro atoms. The van der Waals surface area contributed by atoms with Gasteiger partial charge in [0.15, 0.2) is 0 Å². The van der Waals surface area contributed by atoms with Gasteiger partial charge in [0.05, 0.1) is 6.54 Å². The van der Waals surface area contributed by atoms with E-state index in [-0.39, 0.29) is 6.10 Å². The van der Waals surface area contributed by atoms with Crippen molar-refractivity contribution < 1.29 is 13.2 Å². The predicted molar refractivity (Wildman–Crippen MR) is 72.4 cm³/mol. The summed E-state index contributed by atoms with van der Waals surface area (Å²) in [6.07, 6.45) is 4.27. The van der Waals surface area contributed by atoms with Crippen molar-refractivity contribution in [1.82, 2.24) is 13.6 Å². The largest absolute Gasteiger partial charge is 0.465 e. The van der Waals surface area contributed by atoms with Crippen molar-refractivity contribution in [1.29, 1.82) is 0 Å². The molecule has 0 amide bonds. The summed E-state index contributed by atoms with van der Waals surface area (Å²) in [6, 6.07) is 0. The van der Waals surface area contributed by atoms with Gasteiger partial charge in [-0.2, -0.15) is 17.0 Å². The van der Waals surface area contributed by atoms with Crippen LogP contribution in [0.15, 0.2) is 11.6 Å². The lowest BCUT2D eigenvalue weighted by Gasteiger charge is -2.23. The van der Waals surface area contributed by atoms with Crippen LogP contribution < -0.4 is 4.74 Å². The maximum absolute atomic E-state index is 12.4. The van der Waals surface area contributed by atoms with Crippen LogP contribution in [0.2, 0.25) is 0 Å². The molecule has 0 saturated carbocycles. The predicted octanol–water partition coefficient (Wildman–Crippen LogP) is 0.937. The molecular formula is C11H17N3O3S2. The number of aromatic nitrogens is 1. The Hall–Kier alpha value is -0.700. The van der Waals surface area contributed by atoms with Crippen LogP contribution in [0.4, 0.5) is 0 Å². The van der Waals surface area contributed by atoms with Gasteiger partial charge in [0, 0.05) is 31.2 Å². The second-order valence-electron chi connectivity index (χ2n) is 4.80. The van der Waals surface area contributed by atoms with Crippen molar-refractivity contribution in [3.63, 3.8) is 0 Å². The van der Waals surface area contributed by atoms with Crippen LogP contribution in [0.25, 0.3) is 0 Å². The standard InChI is InChI=1S/C11H17N3O3S2/c15-19(16,13-5-1-2-6-13)14-7-3-10(9-14)17-11-12-4-8-18-11/h4,8,10H,1-3,5-7,9H2. The van der Waals surface area contributed by atoms with E-state index in [4.69, 9.17) is 4.74 Å². The smallest absolute Gasteiger partial charge is 0.282 e. The molecule has 0 bridgehead atoms. The lowest BCUT2D eigenvalue weighted by molar-refractivity contribution is 0.213. The summed E-state index contributed by atoms with van der Waals surface area (Å²) in [4.78, 5) is 4.06. The summed E-state index contributed by atoms with van der Waals surface area (Å²) < 4.78 is 33.5. The maximum atomic E-state index is 12.4. The van der Waals surface area contributed by atoms with Crippen molar-refractivity contribution in [3.8, 4) is 5.19 Å². The molecule has 0 aromatic carbocycles. The molecule has 2 aliphatic heterocycles. The molecule has 3 heterocycles. The van der Waals surface area contributed by atoms with E-state index in [1.807, 2.05) is 5.38 Å². The highest BCUT2D eigenvalue weighted by Gasteiger charge is 2.37. The quantitative estimate of drug-likeness (QED) is 0.830. The van der Waals surface area contributed by atoms with Crippen LogP contribution in [0, 0.1) is 0 Å². The summed E-state index contributed by atoms with van der Waals surface area (Å²) >= 11 is 1.43. The van der Waals surface area contributed by atoms with Gasteiger partial charge in [-0.15, -0.1) is 0 Å². The third kappa shape index (κ3) is 2.76. The number of hydrogen-bond donors (Lipinski definition) is 0. The number of rotatable bonds is 4. The number of ether oxygens (including phenoxy) is 1. The fourth-order valence-electron chi connectivity index (χ4n) is 2.50. The zero-order chi connectivity index (χ0) is 13.3. The molecule has 3 rings (SSSR count). The summed E-state index contributed by atoms with van der Waals surface area (Å²) in [6.45, 7) is 2.26. The molecule has 2 saturated heterocycles. The minimum atomic E-state index is -3.28. The molecule has 0 radical (unpaired) electrons. The molecule has 6 nitrogen and oxygen atoms in total. The summed E-state index contributed by atoms with van der Waals surface area (Å²) in [5.41, 5.74) is 0. The van der Waals surface area contributed by atoms with Crippen molar-refractivity contribution in [2.24, 2.45) is 0 Å². The Balaban J connectivity index is 1.62. The summed E-state index contributed by atoms with van der Waals surface area (Å²) in [5, 5.41) is 2.47. The lowest BCUT2D eigenvalue weighted by Crippen LogP contribution is -2.41. The molecular weight excluding hydrogens is 286 g/mol. The monoisotopic (exact) mass is 303 g/mol. The van der Waals surface area contributed by atoms with Gasteiger partial charge >= 0.3 is 0 Å². The fraction of sp³-hybridized carbons (Fsp3) is 0.727. The van der Waals surface area contributed by atoms with Crippen LogP contribution in [0.3, 0.4) is 0 Å². The van der Waals surface area contributed by atoms with Crippen LogP contribution in [0.1, 0.15) is 19.3 Å². The Bertz CT molecular complexity index is 511. The second kappa shape index (κ2) is 5.35. The first-order valence-corrected chi connectivity index (χ1v) is 8.75. The zero-order valence-corrected chi connectivity index (χ0v) is 12.2. The first-order valence-electron chi connectivity index (χ1n) is 6.47. The van der Waals surface area contributed by atoms with E-state index in [2.05, 4.69) is 4.98 Å². The van der Waals surface area contributed by atoms with E-state index < -0.39 is 10.2 Å². The van der Waals surface area contributed by atoms with Crippen LogP contribution in [0.5, 0.6) is 5.19 Å². The van der Waals surface area contributed by atoms with Crippen molar-refractivity contribution in [2.75, 3.05) is 26.2 Å². The lowest BCUT2D eigenvalue weighted by atomic mass is 10.3. The number of thiazole rings is 1. The van der Waals surface area contributed by atoms with E-state index in [0.29, 0.717) is 31.4 Å². The molecule has 1 atom stereocenters. The van der Waals surface area contributed by atoms with Crippen molar-refractivity contribution in [2.45, 2.75) is 25.4 Å². The van der Waals surface area contributed by atoms with Gasteiger partial charge in [0.1, 0.15) is 6.10 Å². The zero-order valence-electron chi connectivity index (χ0n) is 10.6. The van der Waals surface area contributed by atoms with Crippen LogP contribution >= 0.6 is 11.3 Å². The van der Waals surface area contributed by atoms with Gasteiger partial charge in [-0.25, -0.2) is 4.98 Å². The van der Waals surface area contributed by atoms with Crippen LogP contribution in [-0.4, -0.2) is 54.3 Å². The Kier molecular flexibility index (Phi) is 3.75. The topological polar surface area (TPSA) is 62.7 Å². The van der Waals surface area contributed by atoms with E-state index in [1.54, 1.807) is 10.5 Å². The Labute approximate surface area is 117 Å². The van der Waals surface area contributed by atoms with Gasteiger partial charge in [0.25, 0.3) is 15.4 Å². The van der Waals surface area contributed by atoms with Gasteiger partial charge < -0.3 is 4.74 Å². The Morgan fingerprint density at radius 1 is 1.26 bits per heavy atom.